The second-order valence-electron chi connectivity index (χ2n) is 4.58. The van der Waals surface area contributed by atoms with E-state index in [-0.39, 0.29) is 24.0 Å². The van der Waals surface area contributed by atoms with Crippen LogP contribution < -0.4 is 10.6 Å². The number of halogens is 1. The summed E-state index contributed by atoms with van der Waals surface area (Å²) in [6.07, 6.45) is -0.552. The fourth-order valence-corrected chi connectivity index (χ4v) is 3.00. The zero-order valence-electron chi connectivity index (χ0n) is 12.7. The summed E-state index contributed by atoms with van der Waals surface area (Å²) in [6, 6.07) is 10.2. The van der Waals surface area contributed by atoms with Crippen LogP contribution in [0.3, 0.4) is 0 Å². The van der Waals surface area contributed by atoms with Crippen LogP contribution >= 0.6 is 35.3 Å². The molecule has 2 rings (SSSR count). The number of nitrogens with one attached hydrogen (secondary N) is 2. The number of thiophene rings is 1. The van der Waals surface area contributed by atoms with Crippen LogP contribution in [0.15, 0.2) is 35.3 Å². The van der Waals surface area contributed by atoms with Gasteiger partial charge in [0.1, 0.15) is 6.10 Å². The molecule has 1 heterocycles. The molecule has 1 unspecified atom stereocenters. The number of fused-ring (bicyclic) bond motifs is 1. The molecular weight excluding hydrogens is 413 g/mol. The lowest BCUT2D eigenvalue weighted by Gasteiger charge is -2.14. The first-order chi connectivity index (χ1) is 10.2. The average Bonchev–Trinajstić information content (AvgIpc) is 2.94. The molecule has 2 aromatic rings. The maximum atomic E-state index is 10.3. The minimum Gasteiger partial charge on any atom is -0.386 e. The van der Waals surface area contributed by atoms with Gasteiger partial charge in [-0.25, -0.2) is 0 Å². The number of aliphatic hydroxyl groups excluding tert-OH is 1. The standard InChI is InChI=1S/C15H21N3O2S.HI/c1-16-15(17-7-8-20-2)18-10-12(19)14-9-11-5-3-4-6-13(11)21-14;/h3-6,9,12,19H,7-8,10H2,1-2H3,(H2,16,17,18);1H. The number of nitrogens with zero attached hydrogens (tertiary/aromatic N) is 1. The molecule has 0 spiro atoms. The van der Waals surface area contributed by atoms with Crippen LogP contribution in [-0.2, 0) is 4.74 Å². The van der Waals surface area contributed by atoms with E-state index in [1.54, 1.807) is 25.5 Å². The molecule has 22 heavy (non-hydrogen) atoms. The van der Waals surface area contributed by atoms with E-state index in [1.807, 2.05) is 18.2 Å². The maximum absolute atomic E-state index is 10.3. The molecule has 5 nitrogen and oxygen atoms in total. The third-order valence-electron chi connectivity index (χ3n) is 3.06. The molecule has 7 heteroatoms. The van der Waals surface area contributed by atoms with Crippen molar-refractivity contribution in [2.75, 3.05) is 33.9 Å². The number of guanidine groups is 1. The smallest absolute Gasteiger partial charge is 0.191 e. The van der Waals surface area contributed by atoms with Crippen molar-refractivity contribution < 1.29 is 9.84 Å². The van der Waals surface area contributed by atoms with Gasteiger partial charge in [-0.3, -0.25) is 4.99 Å². The Morgan fingerprint density at radius 3 is 2.82 bits per heavy atom. The Balaban J connectivity index is 0.00000242. The number of methoxy groups -OCH3 is 1. The van der Waals surface area contributed by atoms with Crippen LogP contribution in [0, 0.1) is 0 Å². The van der Waals surface area contributed by atoms with E-state index in [1.165, 1.54) is 10.1 Å². The van der Waals surface area contributed by atoms with Crippen LogP contribution in [0.2, 0.25) is 0 Å². The van der Waals surface area contributed by atoms with Crippen molar-refractivity contribution in [3.63, 3.8) is 0 Å². The summed E-state index contributed by atoms with van der Waals surface area (Å²) in [7, 11) is 3.36. The maximum Gasteiger partial charge on any atom is 0.191 e. The van der Waals surface area contributed by atoms with Gasteiger partial charge in [-0.15, -0.1) is 35.3 Å². The van der Waals surface area contributed by atoms with Gasteiger partial charge < -0.3 is 20.5 Å². The first-order valence-electron chi connectivity index (χ1n) is 6.84. The number of benzene rings is 1. The highest BCUT2D eigenvalue weighted by Crippen LogP contribution is 2.29. The van der Waals surface area contributed by atoms with E-state index in [0.29, 0.717) is 25.7 Å². The van der Waals surface area contributed by atoms with Crippen LogP contribution in [-0.4, -0.2) is 44.9 Å². The molecule has 3 N–H and O–H groups in total. The molecule has 0 fully saturated rings. The molecule has 0 saturated carbocycles. The molecule has 0 radical (unpaired) electrons. The van der Waals surface area contributed by atoms with Crippen LogP contribution in [0.1, 0.15) is 11.0 Å². The lowest BCUT2D eigenvalue weighted by atomic mass is 10.2. The first-order valence-corrected chi connectivity index (χ1v) is 7.66. The number of hydrogen-bond donors (Lipinski definition) is 3. The number of ether oxygens (including phenoxy) is 1. The normalized spacial score (nSPS) is 12.8. The number of hydrogen-bond acceptors (Lipinski definition) is 4. The number of rotatable bonds is 6. The van der Waals surface area contributed by atoms with E-state index >= 15 is 0 Å². The summed E-state index contributed by atoms with van der Waals surface area (Å²) >= 11 is 1.62. The Morgan fingerprint density at radius 2 is 2.14 bits per heavy atom. The molecular formula is C15H22IN3O2S. The summed E-state index contributed by atoms with van der Waals surface area (Å²) in [6.45, 7) is 1.70. The van der Waals surface area contributed by atoms with E-state index in [9.17, 15) is 5.11 Å². The van der Waals surface area contributed by atoms with Gasteiger partial charge in [0.2, 0.25) is 0 Å². The largest absolute Gasteiger partial charge is 0.386 e. The Hall–Kier alpha value is -0.900. The molecule has 0 bridgehead atoms. The highest BCUT2D eigenvalue weighted by atomic mass is 127. The van der Waals surface area contributed by atoms with Gasteiger partial charge in [-0.2, -0.15) is 0 Å². The van der Waals surface area contributed by atoms with Gasteiger partial charge in [0.15, 0.2) is 5.96 Å². The van der Waals surface area contributed by atoms with E-state index in [4.69, 9.17) is 4.74 Å². The molecule has 0 aliphatic rings. The Kier molecular flexibility index (Phi) is 8.69. The summed E-state index contributed by atoms with van der Waals surface area (Å²) < 4.78 is 6.16. The van der Waals surface area contributed by atoms with Crippen molar-refractivity contribution in [3.8, 4) is 0 Å². The summed E-state index contributed by atoms with van der Waals surface area (Å²) in [5.74, 6) is 0.659. The third kappa shape index (κ3) is 5.38. The summed E-state index contributed by atoms with van der Waals surface area (Å²) in [5, 5.41) is 17.7. The van der Waals surface area contributed by atoms with Crippen molar-refractivity contribution in [3.05, 3.63) is 35.2 Å². The van der Waals surface area contributed by atoms with Gasteiger partial charge in [-0.05, 0) is 17.5 Å². The Morgan fingerprint density at radius 1 is 1.36 bits per heavy atom. The monoisotopic (exact) mass is 435 g/mol. The zero-order valence-corrected chi connectivity index (χ0v) is 15.9. The van der Waals surface area contributed by atoms with Crippen LogP contribution in [0.5, 0.6) is 0 Å². The summed E-state index contributed by atoms with van der Waals surface area (Å²) in [5.41, 5.74) is 0. The second-order valence-corrected chi connectivity index (χ2v) is 5.69. The average molecular weight is 435 g/mol. The van der Waals surface area contributed by atoms with Crippen molar-refractivity contribution in [2.45, 2.75) is 6.10 Å². The highest BCUT2D eigenvalue weighted by Gasteiger charge is 2.11. The predicted molar refractivity (Wildman–Crippen MR) is 103 cm³/mol. The van der Waals surface area contributed by atoms with E-state index in [0.717, 1.165) is 4.88 Å². The molecule has 122 valence electrons. The predicted octanol–water partition coefficient (Wildman–Crippen LogP) is 2.36. The fourth-order valence-electron chi connectivity index (χ4n) is 1.95. The van der Waals surface area contributed by atoms with Gasteiger partial charge >= 0.3 is 0 Å². The van der Waals surface area contributed by atoms with E-state index < -0.39 is 6.10 Å². The Labute approximate surface area is 151 Å². The van der Waals surface area contributed by atoms with Crippen molar-refractivity contribution in [2.24, 2.45) is 4.99 Å². The van der Waals surface area contributed by atoms with Gasteiger partial charge in [0, 0.05) is 36.8 Å². The van der Waals surface area contributed by atoms with Crippen molar-refractivity contribution in [1.29, 1.82) is 0 Å². The summed E-state index contributed by atoms with van der Waals surface area (Å²) in [4.78, 5) is 5.05. The number of aliphatic imine (C=N–C) groups is 1. The van der Waals surface area contributed by atoms with Gasteiger partial charge in [0.05, 0.1) is 6.61 Å². The van der Waals surface area contributed by atoms with Crippen LogP contribution in [0.25, 0.3) is 10.1 Å². The van der Waals surface area contributed by atoms with Crippen LogP contribution in [0.4, 0.5) is 0 Å². The van der Waals surface area contributed by atoms with Crippen molar-refractivity contribution in [1.82, 2.24) is 10.6 Å². The molecule has 0 saturated heterocycles. The van der Waals surface area contributed by atoms with Gasteiger partial charge in [-0.1, -0.05) is 18.2 Å². The minimum absolute atomic E-state index is 0. The SMILES string of the molecule is CN=C(NCCOC)NCC(O)c1cc2ccccc2s1.I. The Bertz CT molecular complexity index is 570. The highest BCUT2D eigenvalue weighted by molar-refractivity contribution is 14.0. The molecule has 0 aliphatic heterocycles. The van der Waals surface area contributed by atoms with Gasteiger partial charge in [0.25, 0.3) is 0 Å². The van der Waals surface area contributed by atoms with Crippen molar-refractivity contribution >= 4 is 51.4 Å². The quantitative estimate of drug-likeness (QED) is 0.282. The third-order valence-corrected chi connectivity index (χ3v) is 4.28. The second kappa shape index (κ2) is 9.98. The zero-order chi connectivity index (χ0) is 15.1. The molecule has 0 aliphatic carbocycles. The lowest BCUT2D eigenvalue weighted by Crippen LogP contribution is -2.40. The molecule has 1 atom stereocenters. The molecule has 0 amide bonds. The van der Waals surface area contributed by atoms with E-state index in [2.05, 4.69) is 27.8 Å². The lowest BCUT2D eigenvalue weighted by molar-refractivity contribution is 0.184. The number of aliphatic hydroxyl groups is 1. The minimum atomic E-state index is -0.552. The molecule has 1 aromatic heterocycles. The topological polar surface area (TPSA) is 65.9 Å². The molecule has 1 aromatic carbocycles. The first kappa shape index (κ1) is 19.1. The fraction of sp³-hybridized carbons (Fsp3) is 0.400.